The Bertz CT molecular complexity index is 613. The van der Waals surface area contributed by atoms with Gasteiger partial charge in [-0.05, 0) is 30.7 Å². The van der Waals surface area contributed by atoms with E-state index in [4.69, 9.17) is 21.4 Å². The predicted molar refractivity (Wildman–Crippen MR) is 72.1 cm³/mol. The first kappa shape index (κ1) is 13.4. The van der Waals surface area contributed by atoms with Crippen molar-refractivity contribution in [1.29, 1.82) is 0 Å². The summed E-state index contributed by atoms with van der Waals surface area (Å²) >= 11 is 5.86. The number of aryl methyl sites for hydroxylation is 1. The van der Waals surface area contributed by atoms with E-state index in [1.165, 1.54) is 12.1 Å². The average Bonchev–Trinajstić information content (AvgIpc) is 2.38. The van der Waals surface area contributed by atoms with Crippen molar-refractivity contribution in [1.82, 2.24) is 4.98 Å². The fourth-order valence-electron chi connectivity index (χ4n) is 1.57. The molecule has 0 spiro atoms. The summed E-state index contributed by atoms with van der Waals surface area (Å²) in [4.78, 5) is 15.3. The van der Waals surface area contributed by atoms with Crippen LogP contribution in [0.5, 0.6) is 11.6 Å². The highest BCUT2D eigenvalue weighted by Crippen LogP contribution is 2.24. The van der Waals surface area contributed by atoms with E-state index in [1.807, 2.05) is 6.92 Å². The normalized spacial score (nSPS) is 10.2. The van der Waals surface area contributed by atoms with Crippen molar-refractivity contribution in [2.45, 2.75) is 13.3 Å². The molecule has 0 aliphatic rings. The maximum atomic E-state index is 11.0. The quantitative estimate of drug-likeness (QED) is 0.924. The van der Waals surface area contributed by atoms with Crippen molar-refractivity contribution < 1.29 is 14.6 Å². The molecule has 2 rings (SSSR count). The van der Waals surface area contributed by atoms with Gasteiger partial charge in [0.15, 0.2) is 0 Å². The van der Waals surface area contributed by atoms with Crippen LogP contribution in [0.1, 0.15) is 23.0 Å². The molecule has 1 aromatic heterocycles. The number of carboxylic acids is 1. The number of aromatic carboxylic acids is 1. The highest BCUT2D eigenvalue weighted by atomic mass is 35.5. The molecule has 0 radical (unpaired) electrons. The van der Waals surface area contributed by atoms with Crippen molar-refractivity contribution in [2.24, 2.45) is 0 Å². The van der Waals surface area contributed by atoms with E-state index in [0.717, 1.165) is 0 Å². The summed E-state index contributed by atoms with van der Waals surface area (Å²) in [7, 11) is 0. The molecule has 0 saturated heterocycles. The van der Waals surface area contributed by atoms with Crippen LogP contribution in [0.15, 0.2) is 36.4 Å². The van der Waals surface area contributed by atoms with Crippen LogP contribution in [-0.4, -0.2) is 16.1 Å². The first-order valence-electron chi connectivity index (χ1n) is 5.76. The zero-order valence-corrected chi connectivity index (χ0v) is 11.0. The minimum atomic E-state index is -1.01. The molecule has 0 bridgehead atoms. The molecule has 98 valence electrons. The zero-order chi connectivity index (χ0) is 13.8. The van der Waals surface area contributed by atoms with Crippen LogP contribution < -0.4 is 4.74 Å². The number of carboxylic acid groups (broad SMARTS) is 1. The molecule has 0 amide bonds. The van der Waals surface area contributed by atoms with Gasteiger partial charge in [0.1, 0.15) is 5.75 Å². The van der Waals surface area contributed by atoms with E-state index in [-0.39, 0.29) is 11.4 Å². The lowest BCUT2D eigenvalue weighted by Crippen LogP contribution is -2.01. The Kier molecular flexibility index (Phi) is 4.02. The Morgan fingerprint density at radius 2 is 2.16 bits per heavy atom. The van der Waals surface area contributed by atoms with Gasteiger partial charge in [0, 0.05) is 16.8 Å². The van der Waals surface area contributed by atoms with Crippen LogP contribution >= 0.6 is 11.6 Å². The second kappa shape index (κ2) is 5.71. The number of halogens is 1. The lowest BCUT2D eigenvalue weighted by atomic mass is 10.2. The molecular formula is C14H12ClNO3. The Hall–Kier alpha value is -2.07. The molecule has 4 nitrogen and oxygen atoms in total. The molecule has 1 aromatic carbocycles. The molecular weight excluding hydrogens is 266 g/mol. The Morgan fingerprint density at radius 3 is 2.79 bits per heavy atom. The second-order valence-electron chi connectivity index (χ2n) is 3.90. The van der Waals surface area contributed by atoms with Crippen molar-refractivity contribution in [3.8, 4) is 11.6 Å². The molecule has 0 unspecified atom stereocenters. The van der Waals surface area contributed by atoms with Gasteiger partial charge in [-0.25, -0.2) is 9.78 Å². The summed E-state index contributed by atoms with van der Waals surface area (Å²) in [6.07, 6.45) is 0.632. The first-order valence-corrected chi connectivity index (χ1v) is 6.14. The van der Waals surface area contributed by atoms with Crippen LogP contribution in [0.3, 0.4) is 0 Å². The number of aromatic nitrogens is 1. The van der Waals surface area contributed by atoms with Gasteiger partial charge in [-0.3, -0.25) is 0 Å². The van der Waals surface area contributed by atoms with Gasteiger partial charge in [-0.15, -0.1) is 0 Å². The molecule has 0 saturated carbocycles. The van der Waals surface area contributed by atoms with Gasteiger partial charge in [0.05, 0.1) is 5.56 Å². The third kappa shape index (κ3) is 3.45. The summed E-state index contributed by atoms with van der Waals surface area (Å²) in [5.74, 6) is -0.239. The van der Waals surface area contributed by atoms with Crippen molar-refractivity contribution >= 4 is 17.6 Å². The summed E-state index contributed by atoms with van der Waals surface area (Å²) in [5.41, 5.74) is 0.820. The molecule has 5 heteroatoms. The molecule has 0 aliphatic carbocycles. The minimum absolute atomic E-state index is 0.156. The summed E-state index contributed by atoms with van der Waals surface area (Å²) in [6, 6.07) is 9.77. The van der Waals surface area contributed by atoms with Crippen molar-refractivity contribution in [3.63, 3.8) is 0 Å². The van der Waals surface area contributed by atoms with Gasteiger partial charge in [0.25, 0.3) is 0 Å². The topological polar surface area (TPSA) is 59.4 Å². The number of nitrogens with zero attached hydrogens (tertiary/aromatic N) is 1. The second-order valence-corrected chi connectivity index (χ2v) is 4.34. The number of benzene rings is 1. The average molecular weight is 278 g/mol. The lowest BCUT2D eigenvalue weighted by Gasteiger charge is -2.07. The maximum absolute atomic E-state index is 11.0. The number of hydrogen-bond donors (Lipinski definition) is 1. The number of ether oxygens (including phenoxy) is 1. The van der Waals surface area contributed by atoms with Crippen LogP contribution in [0, 0.1) is 0 Å². The maximum Gasteiger partial charge on any atom is 0.335 e. The third-order valence-corrected chi connectivity index (χ3v) is 2.72. The number of rotatable bonds is 4. The lowest BCUT2D eigenvalue weighted by molar-refractivity contribution is 0.0696. The fourth-order valence-corrected chi connectivity index (χ4v) is 1.75. The fraction of sp³-hybridized carbons (Fsp3) is 0.143. The van der Waals surface area contributed by atoms with Crippen molar-refractivity contribution in [3.05, 3.63) is 52.7 Å². The Morgan fingerprint density at radius 1 is 1.37 bits per heavy atom. The van der Waals surface area contributed by atoms with Gasteiger partial charge in [-0.2, -0.15) is 0 Å². The minimum Gasteiger partial charge on any atom is -0.478 e. The largest absolute Gasteiger partial charge is 0.478 e. The van der Waals surface area contributed by atoms with Crippen LogP contribution in [0.2, 0.25) is 5.02 Å². The highest BCUT2D eigenvalue weighted by molar-refractivity contribution is 6.30. The molecule has 1 heterocycles. The van der Waals surface area contributed by atoms with Crippen LogP contribution in [-0.2, 0) is 6.42 Å². The third-order valence-electron chi connectivity index (χ3n) is 2.48. The molecule has 0 atom stereocenters. The van der Waals surface area contributed by atoms with Crippen LogP contribution in [0.4, 0.5) is 0 Å². The molecule has 0 aliphatic heterocycles. The van der Waals surface area contributed by atoms with E-state index in [2.05, 4.69) is 4.98 Å². The molecule has 0 fully saturated rings. The highest BCUT2D eigenvalue weighted by Gasteiger charge is 2.09. The first-order chi connectivity index (χ1) is 9.08. The van der Waals surface area contributed by atoms with E-state index in [0.29, 0.717) is 22.9 Å². The monoisotopic (exact) mass is 277 g/mol. The predicted octanol–water partition coefficient (Wildman–Crippen LogP) is 3.79. The number of pyridine rings is 1. The smallest absolute Gasteiger partial charge is 0.335 e. The summed E-state index contributed by atoms with van der Waals surface area (Å²) in [5, 5.41) is 9.58. The summed E-state index contributed by atoms with van der Waals surface area (Å²) < 4.78 is 5.53. The van der Waals surface area contributed by atoms with E-state index in [1.54, 1.807) is 24.3 Å². The Labute approximate surface area is 115 Å². The molecule has 1 N–H and O–H groups in total. The SMILES string of the molecule is CCc1cc(C(=O)O)cc(Oc2cccc(Cl)c2)n1. The van der Waals surface area contributed by atoms with E-state index >= 15 is 0 Å². The summed E-state index contributed by atoms with van der Waals surface area (Å²) in [6.45, 7) is 1.90. The van der Waals surface area contributed by atoms with Gasteiger partial charge >= 0.3 is 5.97 Å². The van der Waals surface area contributed by atoms with Crippen LogP contribution in [0.25, 0.3) is 0 Å². The number of carbonyl (C=O) groups is 1. The van der Waals surface area contributed by atoms with Gasteiger partial charge in [-0.1, -0.05) is 24.6 Å². The molecule has 19 heavy (non-hydrogen) atoms. The van der Waals surface area contributed by atoms with Gasteiger partial charge < -0.3 is 9.84 Å². The molecule has 2 aromatic rings. The van der Waals surface area contributed by atoms with Gasteiger partial charge in [0.2, 0.25) is 5.88 Å². The van der Waals surface area contributed by atoms with E-state index in [9.17, 15) is 4.79 Å². The van der Waals surface area contributed by atoms with Crippen molar-refractivity contribution in [2.75, 3.05) is 0 Å². The Balaban J connectivity index is 2.34. The van der Waals surface area contributed by atoms with E-state index < -0.39 is 5.97 Å². The zero-order valence-electron chi connectivity index (χ0n) is 10.3. The standard InChI is InChI=1S/C14H12ClNO3/c1-2-11-6-9(14(17)18)7-13(16-11)19-12-5-3-4-10(15)8-12/h3-8H,2H2,1H3,(H,17,18). The number of hydrogen-bond acceptors (Lipinski definition) is 3.